The monoisotopic (exact) mass is 252 g/mol. The average Bonchev–Trinajstić information content (AvgIpc) is 2.30. The van der Waals surface area contributed by atoms with Crippen molar-refractivity contribution in [3.05, 3.63) is 23.8 Å². The Bertz CT molecular complexity index is 397. The first-order valence-corrected chi connectivity index (χ1v) is 7.06. The maximum atomic E-state index is 9.83. The molecule has 3 nitrogen and oxygen atoms in total. The van der Waals surface area contributed by atoms with Gasteiger partial charge in [-0.1, -0.05) is 6.92 Å². The predicted molar refractivity (Wildman–Crippen MR) is 74.3 cm³/mol. The highest BCUT2D eigenvalue weighted by Crippen LogP contribution is 2.28. The van der Waals surface area contributed by atoms with Crippen LogP contribution in [0, 0.1) is 0 Å². The van der Waals surface area contributed by atoms with E-state index in [4.69, 9.17) is 5.73 Å². The molecule has 2 rings (SSSR count). The molecule has 0 spiro atoms. The Balaban J connectivity index is 2.11. The molecule has 1 saturated heterocycles. The van der Waals surface area contributed by atoms with Gasteiger partial charge in [-0.3, -0.25) is 4.90 Å². The number of rotatable bonds is 2. The Kier molecular flexibility index (Phi) is 3.84. The summed E-state index contributed by atoms with van der Waals surface area (Å²) in [6.45, 7) is 6.37. The second-order valence-corrected chi connectivity index (χ2v) is 6.16. The van der Waals surface area contributed by atoms with Gasteiger partial charge in [-0.15, -0.1) is 0 Å². The van der Waals surface area contributed by atoms with Gasteiger partial charge in [0.1, 0.15) is 5.75 Å². The zero-order chi connectivity index (χ0) is 12.4. The Morgan fingerprint density at radius 1 is 1.47 bits per heavy atom. The van der Waals surface area contributed by atoms with E-state index in [0.717, 1.165) is 24.4 Å². The van der Waals surface area contributed by atoms with E-state index in [1.807, 2.05) is 17.8 Å². The van der Waals surface area contributed by atoms with Gasteiger partial charge in [0, 0.05) is 41.4 Å². The first kappa shape index (κ1) is 12.6. The predicted octanol–water partition coefficient (Wildman–Crippen LogP) is 2.30. The van der Waals surface area contributed by atoms with Crippen molar-refractivity contribution in [3.63, 3.8) is 0 Å². The summed E-state index contributed by atoms with van der Waals surface area (Å²) in [4.78, 5) is 2.41. The highest BCUT2D eigenvalue weighted by atomic mass is 32.2. The molecule has 2 unspecified atom stereocenters. The summed E-state index contributed by atoms with van der Waals surface area (Å²) in [5.41, 5.74) is 7.40. The molecule has 94 valence electrons. The third-order valence-corrected chi connectivity index (χ3v) is 4.83. The number of benzene rings is 1. The van der Waals surface area contributed by atoms with Crippen molar-refractivity contribution in [2.24, 2.45) is 0 Å². The van der Waals surface area contributed by atoms with Crippen molar-refractivity contribution < 1.29 is 5.11 Å². The second-order valence-electron chi connectivity index (χ2n) is 4.68. The molecule has 0 radical (unpaired) electrons. The molecule has 17 heavy (non-hydrogen) atoms. The maximum Gasteiger partial charge on any atom is 0.120 e. The lowest BCUT2D eigenvalue weighted by molar-refractivity contribution is 0.202. The summed E-state index contributed by atoms with van der Waals surface area (Å²) in [6, 6.07) is 5.82. The van der Waals surface area contributed by atoms with Crippen LogP contribution in [-0.2, 0) is 6.54 Å². The summed E-state index contributed by atoms with van der Waals surface area (Å²) in [5.74, 6) is 1.51. The molecule has 3 N–H and O–H groups in total. The van der Waals surface area contributed by atoms with Crippen LogP contribution in [-0.4, -0.2) is 33.6 Å². The molecule has 0 bridgehead atoms. The van der Waals surface area contributed by atoms with Gasteiger partial charge in [0.05, 0.1) is 0 Å². The van der Waals surface area contributed by atoms with Gasteiger partial charge in [0.15, 0.2) is 0 Å². The van der Waals surface area contributed by atoms with Crippen LogP contribution in [0.5, 0.6) is 5.75 Å². The fourth-order valence-corrected chi connectivity index (χ4v) is 3.33. The zero-order valence-electron chi connectivity index (χ0n) is 10.4. The van der Waals surface area contributed by atoms with Crippen LogP contribution in [0.4, 0.5) is 5.69 Å². The van der Waals surface area contributed by atoms with Crippen molar-refractivity contribution >= 4 is 17.4 Å². The van der Waals surface area contributed by atoms with Gasteiger partial charge >= 0.3 is 0 Å². The van der Waals surface area contributed by atoms with E-state index < -0.39 is 0 Å². The highest BCUT2D eigenvalue weighted by molar-refractivity contribution is 8.00. The number of phenolic OH excluding ortho intramolecular Hbond substituents is 1. The van der Waals surface area contributed by atoms with E-state index in [9.17, 15) is 5.11 Å². The molecule has 0 aromatic heterocycles. The highest BCUT2D eigenvalue weighted by Gasteiger charge is 2.25. The number of hydrogen-bond acceptors (Lipinski definition) is 4. The van der Waals surface area contributed by atoms with Gasteiger partial charge in [0.25, 0.3) is 0 Å². The van der Waals surface area contributed by atoms with Gasteiger partial charge in [-0.25, -0.2) is 0 Å². The molecule has 1 heterocycles. The number of phenols is 1. The van der Waals surface area contributed by atoms with Crippen molar-refractivity contribution in [1.29, 1.82) is 0 Å². The van der Waals surface area contributed by atoms with Crippen LogP contribution in [0.2, 0.25) is 0 Å². The zero-order valence-corrected chi connectivity index (χ0v) is 11.2. The van der Waals surface area contributed by atoms with E-state index in [-0.39, 0.29) is 0 Å². The molecule has 0 amide bonds. The molecule has 1 aromatic carbocycles. The van der Waals surface area contributed by atoms with E-state index in [1.165, 1.54) is 0 Å². The van der Waals surface area contributed by atoms with Gasteiger partial charge in [0.2, 0.25) is 0 Å². The van der Waals surface area contributed by atoms with Crippen molar-refractivity contribution in [3.8, 4) is 5.75 Å². The van der Waals surface area contributed by atoms with Gasteiger partial charge < -0.3 is 10.8 Å². The largest absolute Gasteiger partial charge is 0.508 e. The Morgan fingerprint density at radius 2 is 2.24 bits per heavy atom. The van der Waals surface area contributed by atoms with Crippen LogP contribution < -0.4 is 5.73 Å². The minimum Gasteiger partial charge on any atom is -0.508 e. The molecule has 2 atom stereocenters. The minimum absolute atomic E-state index is 0.345. The van der Waals surface area contributed by atoms with Crippen LogP contribution in [0.25, 0.3) is 0 Å². The second kappa shape index (κ2) is 5.19. The number of anilines is 1. The number of hydrogen-bond donors (Lipinski definition) is 2. The van der Waals surface area contributed by atoms with Crippen molar-refractivity contribution in [1.82, 2.24) is 4.90 Å². The first-order chi connectivity index (χ1) is 8.08. The SMILES string of the molecule is CC1SCCN(Cc2cc(N)ccc2O)C1C. The molecule has 1 fully saturated rings. The number of thioether (sulfide) groups is 1. The van der Waals surface area contributed by atoms with E-state index in [1.54, 1.807) is 12.1 Å². The molecule has 0 saturated carbocycles. The minimum atomic E-state index is 0.345. The summed E-state index contributed by atoms with van der Waals surface area (Å²) in [5, 5.41) is 10.5. The fourth-order valence-electron chi connectivity index (χ4n) is 2.17. The fraction of sp³-hybridized carbons (Fsp3) is 0.538. The number of aromatic hydroxyl groups is 1. The number of nitrogens with zero attached hydrogens (tertiary/aromatic N) is 1. The van der Waals surface area contributed by atoms with Crippen molar-refractivity contribution in [2.75, 3.05) is 18.0 Å². The molecule has 1 aliphatic heterocycles. The summed E-state index contributed by atoms with van der Waals surface area (Å²) in [7, 11) is 0. The van der Waals surface area contributed by atoms with Crippen LogP contribution in [0.15, 0.2) is 18.2 Å². The quantitative estimate of drug-likeness (QED) is 0.626. The molecule has 1 aromatic rings. The van der Waals surface area contributed by atoms with Gasteiger partial charge in [-0.2, -0.15) is 11.8 Å². The normalized spacial score (nSPS) is 26.0. The molecule has 0 aliphatic carbocycles. The molecular formula is C13H20N2OS. The summed E-state index contributed by atoms with van der Waals surface area (Å²) >= 11 is 2.02. The molecular weight excluding hydrogens is 232 g/mol. The lowest BCUT2D eigenvalue weighted by Gasteiger charge is -2.37. The summed E-state index contributed by atoms with van der Waals surface area (Å²) in [6.07, 6.45) is 0. The Hall–Kier alpha value is -0.870. The topological polar surface area (TPSA) is 49.5 Å². The van der Waals surface area contributed by atoms with E-state index in [0.29, 0.717) is 22.7 Å². The number of nitrogen functional groups attached to an aromatic ring is 1. The molecule has 1 aliphatic rings. The van der Waals surface area contributed by atoms with E-state index in [2.05, 4.69) is 18.7 Å². The van der Waals surface area contributed by atoms with Crippen LogP contribution >= 0.6 is 11.8 Å². The smallest absolute Gasteiger partial charge is 0.120 e. The lowest BCUT2D eigenvalue weighted by atomic mass is 10.1. The third-order valence-electron chi connectivity index (χ3n) is 3.49. The third kappa shape index (κ3) is 2.87. The standard InChI is InChI=1S/C13H20N2OS/c1-9-10(2)17-6-5-15(9)8-11-7-12(14)3-4-13(11)16/h3-4,7,9-10,16H,5-6,8,14H2,1-2H3. The Morgan fingerprint density at radius 3 is 3.00 bits per heavy atom. The van der Waals surface area contributed by atoms with Crippen LogP contribution in [0.1, 0.15) is 19.4 Å². The molecule has 4 heteroatoms. The maximum absolute atomic E-state index is 9.83. The average molecular weight is 252 g/mol. The van der Waals surface area contributed by atoms with Gasteiger partial charge in [-0.05, 0) is 25.1 Å². The lowest BCUT2D eigenvalue weighted by Crippen LogP contribution is -2.43. The van der Waals surface area contributed by atoms with E-state index >= 15 is 0 Å². The Labute approximate surface area is 107 Å². The van der Waals surface area contributed by atoms with Crippen LogP contribution in [0.3, 0.4) is 0 Å². The first-order valence-electron chi connectivity index (χ1n) is 6.01. The van der Waals surface area contributed by atoms with Crippen molar-refractivity contribution in [2.45, 2.75) is 31.7 Å². The summed E-state index contributed by atoms with van der Waals surface area (Å²) < 4.78 is 0. The number of nitrogens with two attached hydrogens (primary N) is 1.